The zero-order valence-corrected chi connectivity index (χ0v) is 12.2. The monoisotopic (exact) mass is 310 g/mol. The number of fused-ring (bicyclic) bond motifs is 1. The van der Waals surface area contributed by atoms with Gasteiger partial charge in [-0.15, -0.1) is 0 Å². The zero-order chi connectivity index (χ0) is 15.0. The van der Waals surface area contributed by atoms with Crippen LogP contribution in [-0.2, 0) is 14.8 Å². The molecule has 0 unspecified atom stereocenters. The van der Waals surface area contributed by atoms with Gasteiger partial charge in [0.1, 0.15) is 0 Å². The Hall–Kier alpha value is -0.760. The molecule has 0 aromatic rings. The number of alkyl halides is 2. The summed E-state index contributed by atoms with van der Waals surface area (Å²) in [7, 11) is -3.82. The molecule has 1 aliphatic carbocycles. The molecular formula is C12H20F2N2O3S. The summed E-state index contributed by atoms with van der Waals surface area (Å²) < 4.78 is 52.1. The predicted molar refractivity (Wildman–Crippen MR) is 69.9 cm³/mol. The molecule has 1 aliphatic heterocycles. The van der Waals surface area contributed by atoms with Gasteiger partial charge in [0.15, 0.2) is 0 Å². The van der Waals surface area contributed by atoms with Gasteiger partial charge >= 0.3 is 0 Å². The minimum atomic E-state index is -3.82. The maximum Gasteiger partial charge on any atom is 0.246 e. The topological polar surface area (TPSA) is 75.3 Å². The molecule has 8 heteroatoms. The lowest BCUT2D eigenvalue weighted by Gasteiger charge is -2.38. The highest BCUT2D eigenvalue weighted by atomic mass is 32.2. The van der Waals surface area contributed by atoms with E-state index in [9.17, 15) is 22.0 Å². The maximum atomic E-state index is 12.8. The lowest BCUT2D eigenvalue weighted by atomic mass is 9.79. The van der Waals surface area contributed by atoms with E-state index >= 15 is 0 Å². The van der Waals surface area contributed by atoms with E-state index in [4.69, 9.17) is 0 Å². The van der Waals surface area contributed by atoms with Gasteiger partial charge in [-0.25, -0.2) is 21.9 Å². The van der Waals surface area contributed by atoms with Gasteiger partial charge in [0.25, 0.3) is 0 Å². The SMILES string of the molecule is CC(F)(F)CCS(=O)(=O)N[C@@]12CCCC[C@@H]1NC(=O)C2. The Morgan fingerprint density at radius 1 is 1.45 bits per heavy atom. The Labute approximate surface area is 117 Å². The van der Waals surface area contributed by atoms with E-state index in [0.717, 1.165) is 19.3 Å². The highest BCUT2D eigenvalue weighted by Gasteiger charge is 2.50. The van der Waals surface area contributed by atoms with Crippen LogP contribution >= 0.6 is 0 Å². The molecule has 1 saturated heterocycles. The van der Waals surface area contributed by atoms with Crippen LogP contribution in [0.3, 0.4) is 0 Å². The molecule has 2 rings (SSSR count). The average Bonchev–Trinajstić information content (AvgIpc) is 2.60. The molecule has 2 N–H and O–H groups in total. The number of rotatable bonds is 5. The molecule has 2 atom stereocenters. The molecule has 0 aromatic carbocycles. The summed E-state index contributed by atoms with van der Waals surface area (Å²) in [5.41, 5.74) is -0.822. The molecule has 2 aliphatic rings. The van der Waals surface area contributed by atoms with Crippen LogP contribution in [0, 0.1) is 0 Å². The van der Waals surface area contributed by atoms with Gasteiger partial charge < -0.3 is 5.32 Å². The lowest BCUT2D eigenvalue weighted by Crippen LogP contribution is -2.58. The second-order valence-electron chi connectivity index (χ2n) is 5.94. The number of carbonyl (C=O) groups is 1. The standard InChI is InChI=1S/C12H20F2N2O3S/c1-11(13,14)6-7-20(18,19)16-12-5-3-2-4-9(12)15-10(17)8-12/h9,16H,2-8H2,1H3,(H,15,17)/t9-,12+/m0/s1. The van der Waals surface area contributed by atoms with Crippen molar-refractivity contribution in [2.45, 2.75) is 63.0 Å². The Kier molecular flexibility index (Phi) is 4.07. The van der Waals surface area contributed by atoms with E-state index < -0.39 is 33.7 Å². The molecule has 116 valence electrons. The van der Waals surface area contributed by atoms with Crippen LogP contribution in [0.1, 0.15) is 45.4 Å². The molecule has 0 radical (unpaired) electrons. The van der Waals surface area contributed by atoms with E-state index in [2.05, 4.69) is 10.0 Å². The van der Waals surface area contributed by atoms with Crippen molar-refractivity contribution in [1.29, 1.82) is 0 Å². The molecule has 0 aromatic heterocycles. The average molecular weight is 310 g/mol. The van der Waals surface area contributed by atoms with Gasteiger partial charge in [0.2, 0.25) is 21.9 Å². The predicted octanol–water partition coefficient (Wildman–Crippen LogP) is 1.15. The molecule has 20 heavy (non-hydrogen) atoms. The number of hydrogen-bond donors (Lipinski definition) is 2. The Bertz CT molecular complexity index is 489. The molecule has 1 saturated carbocycles. The van der Waals surface area contributed by atoms with Crippen LogP contribution in [0.4, 0.5) is 8.78 Å². The summed E-state index contributed by atoms with van der Waals surface area (Å²) in [6.07, 6.45) is 2.43. The van der Waals surface area contributed by atoms with Gasteiger partial charge in [-0.05, 0) is 19.8 Å². The fraction of sp³-hybridized carbons (Fsp3) is 0.917. The number of carbonyl (C=O) groups excluding carboxylic acids is 1. The minimum absolute atomic E-state index is 0.0966. The van der Waals surface area contributed by atoms with Crippen LogP contribution in [0.15, 0.2) is 0 Å². The largest absolute Gasteiger partial charge is 0.351 e. The third kappa shape index (κ3) is 3.66. The summed E-state index contributed by atoms with van der Waals surface area (Å²) in [6, 6.07) is -0.222. The first kappa shape index (κ1) is 15.6. The quantitative estimate of drug-likeness (QED) is 0.800. The number of nitrogens with one attached hydrogen (secondary N) is 2. The molecule has 1 amide bonds. The van der Waals surface area contributed by atoms with Gasteiger partial charge in [-0.1, -0.05) is 12.8 Å². The molecular weight excluding hydrogens is 290 g/mol. The van der Waals surface area contributed by atoms with Crippen molar-refractivity contribution in [3.8, 4) is 0 Å². The van der Waals surface area contributed by atoms with E-state index in [1.54, 1.807) is 0 Å². The highest BCUT2D eigenvalue weighted by molar-refractivity contribution is 7.89. The molecule has 5 nitrogen and oxygen atoms in total. The van der Waals surface area contributed by atoms with Gasteiger partial charge in [-0.2, -0.15) is 0 Å². The first-order valence-electron chi connectivity index (χ1n) is 6.81. The second-order valence-corrected chi connectivity index (χ2v) is 7.78. The van der Waals surface area contributed by atoms with E-state index in [-0.39, 0.29) is 18.4 Å². The van der Waals surface area contributed by atoms with Crippen molar-refractivity contribution in [1.82, 2.24) is 10.0 Å². The summed E-state index contributed by atoms with van der Waals surface area (Å²) in [6.45, 7) is 0.699. The fourth-order valence-corrected chi connectivity index (χ4v) is 4.69. The number of halogens is 2. The van der Waals surface area contributed by atoms with E-state index in [1.165, 1.54) is 0 Å². The Morgan fingerprint density at radius 3 is 2.80 bits per heavy atom. The van der Waals surface area contributed by atoms with Crippen LogP contribution in [0.25, 0.3) is 0 Å². The van der Waals surface area contributed by atoms with Gasteiger partial charge in [0.05, 0.1) is 11.3 Å². The van der Waals surface area contributed by atoms with Crippen molar-refractivity contribution in [2.24, 2.45) is 0 Å². The second kappa shape index (κ2) is 5.22. The fourth-order valence-electron chi connectivity index (χ4n) is 3.03. The summed E-state index contributed by atoms with van der Waals surface area (Å²) in [5.74, 6) is -3.82. The Morgan fingerprint density at radius 2 is 2.15 bits per heavy atom. The van der Waals surface area contributed by atoms with Crippen LogP contribution in [-0.4, -0.2) is 37.6 Å². The third-order valence-electron chi connectivity index (χ3n) is 4.01. The zero-order valence-electron chi connectivity index (χ0n) is 11.4. The van der Waals surface area contributed by atoms with Crippen molar-refractivity contribution in [3.63, 3.8) is 0 Å². The normalized spacial score (nSPS) is 30.9. The first-order chi connectivity index (χ1) is 9.12. The van der Waals surface area contributed by atoms with Gasteiger partial charge in [-0.3, -0.25) is 4.79 Å². The van der Waals surface area contributed by atoms with Crippen molar-refractivity contribution >= 4 is 15.9 Å². The first-order valence-corrected chi connectivity index (χ1v) is 8.46. The van der Waals surface area contributed by atoms with Crippen molar-refractivity contribution in [3.05, 3.63) is 0 Å². The van der Waals surface area contributed by atoms with E-state index in [1.807, 2.05) is 0 Å². The molecule has 0 spiro atoms. The van der Waals surface area contributed by atoms with Crippen LogP contribution in [0.5, 0.6) is 0 Å². The Balaban J connectivity index is 2.08. The third-order valence-corrected chi connectivity index (χ3v) is 5.47. The van der Waals surface area contributed by atoms with E-state index in [0.29, 0.717) is 13.3 Å². The number of hydrogen-bond acceptors (Lipinski definition) is 3. The smallest absolute Gasteiger partial charge is 0.246 e. The molecule has 1 heterocycles. The minimum Gasteiger partial charge on any atom is -0.351 e. The highest BCUT2D eigenvalue weighted by Crippen LogP contribution is 2.36. The maximum absolute atomic E-state index is 12.8. The van der Waals surface area contributed by atoms with Crippen LogP contribution < -0.4 is 10.0 Å². The summed E-state index contributed by atoms with van der Waals surface area (Å²) in [4.78, 5) is 11.6. The molecule has 0 bridgehead atoms. The van der Waals surface area contributed by atoms with Crippen molar-refractivity contribution in [2.75, 3.05) is 5.75 Å². The summed E-state index contributed by atoms with van der Waals surface area (Å²) >= 11 is 0. The number of amides is 1. The van der Waals surface area contributed by atoms with Gasteiger partial charge in [0, 0.05) is 18.9 Å². The van der Waals surface area contributed by atoms with Crippen LogP contribution in [0.2, 0.25) is 0 Å². The summed E-state index contributed by atoms with van der Waals surface area (Å²) in [5, 5.41) is 2.78. The number of sulfonamides is 1. The van der Waals surface area contributed by atoms with Crippen molar-refractivity contribution < 1.29 is 22.0 Å². The molecule has 2 fully saturated rings. The lowest BCUT2D eigenvalue weighted by molar-refractivity contribution is -0.119.